The molecule has 1 aliphatic heterocycles. The number of ether oxygens (including phenoxy) is 1. The van der Waals surface area contributed by atoms with E-state index >= 15 is 0 Å². The average Bonchev–Trinajstić information content (AvgIpc) is 2.84. The third-order valence-corrected chi connectivity index (χ3v) is 5.12. The zero-order chi connectivity index (χ0) is 14.4. The van der Waals surface area contributed by atoms with E-state index in [-0.39, 0.29) is 6.10 Å². The van der Waals surface area contributed by atoms with Crippen LogP contribution in [-0.2, 0) is 4.74 Å². The van der Waals surface area contributed by atoms with Crippen molar-refractivity contribution in [1.29, 1.82) is 0 Å². The first-order valence-electron chi connectivity index (χ1n) is 8.24. The number of hydrogen-bond donors (Lipinski definition) is 2. The lowest BCUT2D eigenvalue weighted by molar-refractivity contribution is 0.0863. The quantitative estimate of drug-likeness (QED) is 0.695. The van der Waals surface area contributed by atoms with Crippen molar-refractivity contribution in [3.8, 4) is 0 Å². The van der Waals surface area contributed by atoms with E-state index in [0.29, 0.717) is 5.41 Å². The Labute approximate surface area is 123 Å². The maximum Gasteiger partial charge on any atom is 0.0679 e. The molecule has 0 aromatic heterocycles. The molecule has 2 aliphatic rings. The number of likely N-dealkylation sites (tertiary alicyclic amines) is 1. The predicted molar refractivity (Wildman–Crippen MR) is 81.9 cm³/mol. The second kappa shape index (κ2) is 7.74. The van der Waals surface area contributed by atoms with Gasteiger partial charge in [-0.2, -0.15) is 0 Å². The maximum atomic E-state index is 9.73. The van der Waals surface area contributed by atoms with E-state index < -0.39 is 0 Å². The van der Waals surface area contributed by atoms with Crippen molar-refractivity contribution in [3.05, 3.63) is 0 Å². The Bertz CT molecular complexity index is 278. The average molecular weight is 284 g/mol. The number of aliphatic hydroxyl groups is 1. The summed E-state index contributed by atoms with van der Waals surface area (Å²) in [5.74, 6) is 0.881. The van der Waals surface area contributed by atoms with Crippen LogP contribution in [-0.4, -0.2) is 62.6 Å². The minimum absolute atomic E-state index is 0.101. The first-order chi connectivity index (χ1) is 9.63. The lowest BCUT2D eigenvalue weighted by Gasteiger charge is -2.42. The smallest absolute Gasteiger partial charge is 0.0679 e. The molecule has 0 amide bonds. The third kappa shape index (κ3) is 4.69. The molecule has 1 atom stereocenters. The third-order valence-electron chi connectivity index (χ3n) is 5.12. The number of β-amino-alcohol motifs (C(OH)–C–C–N with tert-alkyl or cyclic N) is 1. The molecule has 118 valence electrons. The SMILES string of the molecule is COCCNCC1(CN2CCC(O)C2)CCC(C)CC1. The molecule has 4 heteroatoms. The molecular formula is C16H32N2O2. The Hall–Kier alpha value is -0.160. The van der Waals surface area contributed by atoms with E-state index in [4.69, 9.17) is 4.74 Å². The van der Waals surface area contributed by atoms with Gasteiger partial charge in [0.2, 0.25) is 0 Å². The normalized spacial score (nSPS) is 35.5. The van der Waals surface area contributed by atoms with Crippen molar-refractivity contribution in [2.75, 3.05) is 46.4 Å². The number of nitrogens with zero attached hydrogens (tertiary/aromatic N) is 1. The molecule has 1 saturated heterocycles. The van der Waals surface area contributed by atoms with Crippen molar-refractivity contribution in [3.63, 3.8) is 0 Å². The van der Waals surface area contributed by atoms with Gasteiger partial charge in [0.1, 0.15) is 0 Å². The van der Waals surface area contributed by atoms with Crippen molar-refractivity contribution in [1.82, 2.24) is 10.2 Å². The van der Waals surface area contributed by atoms with Gasteiger partial charge in [-0.3, -0.25) is 0 Å². The molecule has 1 heterocycles. The number of hydrogen-bond acceptors (Lipinski definition) is 4. The molecule has 2 rings (SSSR count). The number of rotatable bonds is 7. The summed E-state index contributed by atoms with van der Waals surface area (Å²) in [4.78, 5) is 2.47. The number of nitrogens with one attached hydrogen (secondary N) is 1. The monoisotopic (exact) mass is 284 g/mol. The first-order valence-corrected chi connectivity index (χ1v) is 8.24. The first kappa shape index (κ1) is 16.2. The van der Waals surface area contributed by atoms with Gasteiger partial charge in [-0.15, -0.1) is 0 Å². The predicted octanol–water partition coefficient (Wildman–Crippen LogP) is 1.49. The molecule has 2 N–H and O–H groups in total. The lowest BCUT2D eigenvalue weighted by atomic mass is 9.70. The van der Waals surface area contributed by atoms with E-state index in [9.17, 15) is 5.11 Å². The van der Waals surface area contributed by atoms with E-state index in [1.165, 1.54) is 25.7 Å². The van der Waals surface area contributed by atoms with Crippen LogP contribution in [0.2, 0.25) is 0 Å². The highest BCUT2D eigenvalue weighted by Gasteiger charge is 2.37. The Morgan fingerprint density at radius 2 is 2.05 bits per heavy atom. The van der Waals surface area contributed by atoms with E-state index in [1.54, 1.807) is 7.11 Å². The van der Waals surface area contributed by atoms with E-state index in [1.807, 2.05) is 0 Å². The topological polar surface area (TPSA) is 44.7 Å². The van der Waals surface area contributed by atoms with Crippen molar-refractivity contribution in [2.45, 2.75) is 45.1 Å². The van der Waals surface area contributed by atoms with Gasteiger partial charge < -0.3 is 20.1 Å². The summed E-state index contributed by atoms with van der Waals surface area (Å²) in [6.45, 7) is 8.28. The molecule has 0 spiro atoms. The van der Waals surface area contributed by atoms with Gasteiger partial charge in [0.25, 0.3) is 0 Å². The second-order valence-electron chi connectivity index (χ2n) is 7.03. The minimum Gasteiger partial charge on any atom is -0.392 e. The highest BCUT2D eigenvalue weighted by Crippen LogP contribution is 2.39. The summed E-state index contributed by atoms with van der Waals surface area (Å²) in [7, 11) is 1.76. The zero-order valence-corrected chi connectivity index (χ0v) is 13.2. The Kier molecular flexibility index (Phi) is 6.27. The van der Waals surface area contributed by atoms with Gasteiger partial charge >= 0.3 is 0 Å². The zero-order valence-electron chi connectivity index (χ0n) is 13.2. The maximum absolute atomic E-state index is 9.73. The van der Waals surface area contributed by atoms with Crippen molar-refractivity contribution >= 4 is 0 Å². The summed E-state index contributed by atoms with van der Waals surface area (Å²) in [6.07, 6.45) is 6.19. The molecule has 1 aliphatic carbocycles. The Morgan fingerprint density at radius 3 is 2.65 bits per heavy atom. The summed E-state index contributed by atoms with van der Waals surface area (Å²) in [5.41, 5.74) is 0.407. The van der Waals surface area contributed by atoms with Gasteiger partial charge in [-0.1, -0.05) is 19.8 Å². The summed E-state index contributed by atoms with van der Waals surface area (Å²) in [5, 5.41) is 13.3. The highest BCUT2D eigenvalue weighted by atomic mass is 16.5. The van der Waals surface area contributed by atoms with E-state index in [0.717, 1.165) is 51.7 Å². The molecule has 0 aromatic carbocycles. The molecule has 1 unspecified atom stereocenters. The van der Waals surface area contributed by atoms with Crippen LogP contribution in [0.15, 0.2) is 0 Å². The van der Waals surface area contributed by atoms with Gasteiger partial charge in [0, 0.05) is 39.8 Å². The minimum atomic E-state index is -0.101. The van der Waals surface area contributed by atoms with Gasteiger partial charge in [-0.05, 0) is 30.6 Å². The van der Waals surface area contributed by atoms with Crippen LogP contribution < -0.4 is 5.32 Å². The van der Waals surface area contributed by atoms with Gasteiger partial charge in [-0.25, -0.2) is 0 Å². The highest BCUT2D eigenvalue weighted by molar-refractivity contribution is 4.91. The van der Waals surface area contributed by atoms with Crippen molar-refractivity contribution in [2.24, 2.45) is 11.3 Å². The van der Waals surface area contributed by atoms with Crippen LogP contribution in [0.1, 0.15) is 39.0 Å². The summed E-state index contributed by atoms with van der Waals surface area (Å²) < 4.78 is 5.12. The van der Waals surface area contributed by atoms with Gasteiger partial charge in [0.05, 0.1) is 12.7 Å². The molecular weight excluding hydrogens is 252 g/mol. The van der Waals surface area contributed by atoms with Crippen LogP contribution in [0.5, 0.6) is 0 Å². The van der Waals surface area contributed by atoms with Crippen LogP contribution >= 0.6 is 0 Å². The largest absolute Gasteiger partial charge is 0.392 e. The molecule has 1 saturated carbocycles. The molecule has 0 radical (unpaired) electrons. The molecule has 4 nitrogen and oxygen atoms in total. The fourth-order valence-corrected chi connectivity index (χ4v) is 3.72. The van der Waals surface area contributed by atoms with Crippen LogP contribution in [0.4, 0.5) is 0 Å². The van der Waals surface area contributed by atoms with Crippen LogP contribution in [0.3, 0.4) is 0 Å². The van der Waals surface area contributed by atoms with E-state index in [2.05, 4.69) is 17.1 Å². The molecule has 20 heavy (non-hydrogen) atoms. The number of methoxy groups -OCH3 is 1. The summed E-state index contributed by atoms with van der Waals surface area (Å²) in [6, 6.07) is 0. The van der Waals surface area contributed by atoms with Crippen LogP contribution in [0.25, 0.3) is 0 Å². The standard InChI is InChI=1S/C16H32N2O2/c1-14-3-6-16(7-4-14,12-17-8-10-20-2)13-18-9-5-15(19)11-18/h14-15,17,19H,3-13H2,1-2H3. The molecule has 0 bridgehead atoms. The fourth-order valence-electron chi connectivity index (χ4n) is 3.72. The van der Waals surface area contributed by atoms with Crippen molar-refractivity contribution < 1.29 is 9.84 Å². The second-order valence-corrected chi connectivity index (χ2v) is 7.03. The Balaban J connectivity index is 1.86. The molecule has 2 fully saturated rings. The molecule has 0 aromatic rings. The fraction of sp³-hybridized carbons (Fsp3) is 1.00. The van der Waals surface area contributed by atoms with Gasteiger partial charge in [0.15, 0.2) is 0 Å². The number of aliphatic hydroxyl groups excluding tert-OH is 1. The lowest BCUT2D eigenvalue weighted by Crippen LogP contribution is -2.46. The summed E-state index contributed by atoms with van der Waals surface area (Å²) >= 11 is 0. The van der Waals surface area contributed by atoms with Crippen LogP contribution in [0, 0.1) is 11.3 Å². The Morgan fingerprint density at radius 1 is 1.30 bits per heavy atom.